The Bertz CT molecular complexity index is 922. The van der Waals surface area contributed by atoms with E-state index in [0.717, 1.165) is 32.2 Å². The summed E-state index contributed by atoms with van der Waals surface area (Å²) in [4.78, 5) is 0. The molecule has 3 aromatic rings. The van der Waals surface area contributed by atoms with Crippen LogP contribution < -0.4 is 10.3 Å². The molecule has 0 aliphatic heterocycles. The van der Waals surface area contributed by atoms with E-state index in [4.69, 9.17) is 5.73 Å². The van der Waals surface area contributed by atoms with Crippen LogP contribution in [-0.4, -0.2) is 6.54 Å². The first kappa shape index (κ1) is 17.7. The van der Waals surface area contributed by atoms with Gasteiger partial charge in [0.25, 0.3) is 0 Å². The second kappa shape index (κ2) is 8.32. The fourth-order valence-corrected chi connectivity index (χ4v) is 3.69. The summed E-state index contributed by atoms with van der Waals surface area (Å²) in [5.74, 6) is 0. The van der Waals surface area contributed by atoms with Gasteiger partial charge < -0.3 is 5.73 Å². The number of nitrogens with two attached hydrogens (primary N) is 1. The summed E-state index contributed by atoms with van der Waals surface area (Å²) >= 11 is 0. The van der Waals surface area contributed by atoms with E-state index in [9.17, 15) is 0 Å². The topological polar surface area (TPSA) is 29.9 Å². The Morgan fingerprint density at radius 3 is 2.07 bits per heavy atom. The number of aromatic nitrogens is 1. The lowest BCUT2D eigenvalue weighted by Gasteiger charge is -2.12. The molecule has 1 aromatic heterocycles. The third-order valence-electron chi connectivity index (χ3n) is 5.38. The van der Waals surface area contributed by atoms with E-state index in [1.807, 2.05) is 0 Å². The Morgan fingerprint density at radius 2 is 1.37 bits per heavy atom. The molecule has 1 heterocycles. The molecule has 0 saturated carbocycles. The third-order valence-corrected chi connectivity index (χ3v) is 5.38. The standard InChI is InChI=1S/C25H27N2/c26-15-18-27-16-13-22(14-17-27)8-12-25-19-23-6-5-20-1-3-21(4-2-20)7-10-24(25)11-9-23/h1-4,8-9,11-14,16-17,19H,5-7,10,15,18,26H2/q+1/b12-8+. The Balaban J connectivity index is 1.59. The fraction of sp³-hybridized carbons (Fsp3) is 0.240. The molecule has 2 N–H and O–H groups in total. The number of pyridine rings is 1. The molecular formula is C25H27N2+. The first-order valence-electron chi connectivity index (χ1n) is 9.87. The van der Waals surface area contributed by atoms with Gasteiger partial charge in [0.1, 0.15) is 0 Å². The van der Waals surface area contributed by atoms with Crippen LogP contribution in [0.4, 0.5) is 0 Å². The molecule has 136 valence electrons. The van der Waals surface area contributed by atoms with Gasteiger partial charge in [0.2, 0.25) is 0 Å². The SMILES string of the molecule is NCC[n+]1ccc(/C=C/c2cc3ccc2CCc2ccc(cc2)CC3)cc1. The van der Waals surface area contributed by atoms with Gasteiger partial charge in [0.05, 0.1) is 6.54 Å². The highest BCUT2D eigenvalue weighted by molar-refractivity contribution is 5.71. The van der Waals surface area contributed by atoms with Crippen LogP contribution in [0.1, 0.15) is 33.4 Å². The van der Waals surface area contributed by atoms with Gasteiger partial charge in [-0.2, -0.15) is 0 Å². The van der Waals surface area contributed by atoms with Gasteiger partial charge in [0, 0.05) is 12.1 Å². The first-order chi connectivity index (χ1) is 13.3. The van der Waals surface area contributed by atoms with Crippen molar-refractivity contribution >= 4 is 12.2 Å². The smallest absolute Gasteiger partial charge is 0.169 e. The second-order valence-corrected chi connectivity index (χ2v) is 7.34. The maximum atomic E-state index is 5.62. The average Bonchev–Trinajstić information content (AvgIpc) is 2.70. The van der Waals surface area contributed by atoms with Crippen LogP contribution in [0.2, 0.25) is 0 Å². The minimum Gasteiger partial charge on any atom is -0.325 e. The molecule has 0 amide bonds. The van der Waals surface area contributed by atoms with Crippen LogP contribution in [-0.2, 0) is 32.2 Å². The van der Waals surface area contributed by atoms with Gasteiger partial charge in [0.15, 0.2) is 18.9 Å². The molecule has 0 atom stereocenters. The highest BCUT2D eigenvalue weighted by atomic mass is 14.9. The summed E-state index contributed by atoms with van der Waals surface area (Å²) in [6.07, 6.45) is 13.0. The largest absolute Gasteiger partial charge is 0.325 e. The number of rotatable bonds is 4. The lowest BCUT2D eigenvalue weighted by atomic mass is 9.93. The molecule has 0 fully saturated rings. The number of hydrogen-bond donors (Lipinski definition) is 1. The molecule has 4 aliphatic carbocycles. The van der Waals surface area contributed by atoms with E-state index in [0.29, 0.717) is 6.54 Å². The molecule has 2 heteroatoms. The summed E-state index contributed by atoms with van der Waals surface area (Å²) < 4.78 is 2.12. The number of benzene rings is 2. The predicted molar refractivity (Wildman–Crippen MR) is 112 cm³/mol. The van der Waals surface area contributed by atoms with Gasteiger partial charge in [-0.05, 0) is 59.1 Å². The van der Waals surface area contributed by atoms with Crippen LogP contribution in [0.25, 0.3) is 12.2 Å². The fourth-order valence-electron chi connectivity index (χ4n) is 3.69. The average molecular weight is 356 g/mol. The highest BCUT2D eigenvalue weighted by Gasteiger charge is 2.06. The summed E-state index contributed by atoms with van der Waals surface area (Å²) in [7, 11) is 0. The van der Waals surface area contributed by atoms with Crippen molar-refractivity contribution in [2.75, 3.05) is 6.54 Å². The van der Waals surface area contributed by atoms with Crippen molar-refractivity contribution in [3.8, 4) is 0 Å². The van der Waals surface area contributed by atoms with E-state index in [1.165, 1.54) is 33.4 Å². The summed E-state index contributed by atoms with van der Waals surface area (Å²) in [5.41, 5.74) is 13.9. The number of aryl methyl sites for hydroxylation is 4. The molecule has 2 aromatic carbocycles. The van der Waals surface area contributed by atoms with Crippen LogP contribution in [0.3, 0.4) is 0 Å². The molecule has 4 aliphatic rings. The van der Waals surface area contributed by atoms with Crippen molar-refractivity contribution in [1.82, 2.24) is 0 Å². The quantitative estimate of drug-likeness (QED) is 0.705. The summed E-state index contributed by atoms with van der Waals surface area (Å²) in [6.45, 7) is 1.52. The maximum absolute atomic E-state index is 5.62. The predicted octanol–water partition coefficient (Wildman–Crippen LogP) is 3.99. The van der Waals surface area contributed by atoms with Gasteiger partial charge >= 0.3 is 0 Å². The van der Waals surface area contributed by atoms with Crippen molar-refractivity contribution in [3.63, 3.8) is 0 Å². The second-order valence-electron chi connectivity index (χ2n) is 7.34. The molecule has 0 saturated heterocycles. The monoisotopic (exact) mass is 355 g/mol. The van der Waals surface area contributed by atoms with Crippen LogP contribution >= 0.6 is 0 Å². The van der Waals surface area contributed by atoms with E-state index in [1.54, 1.807) is 0 Å². The minimum atomic E-state index is 0.665. The van der Waals surface area contributed by atoms with Crippen LogP contribution in [0.5, 0.6) is 0 Å². The molecule has 0 spiro atoms. The minimum absolute atomic E-state index is 0.665. The van der Waals surface area contributed by atoms with Crippen LogP contribution in [0.15, 0.2) is 67.0 Å². The van der Waals surface area contributed by atoms with E-state index in [2.05, 4.69) is 83.7 Å². The molecule has 7 rings (SSSR count). The number of nitrogens with zero attached hydrogens (tertiary/aromatic N) is 1. The Morgan fingerprint density at radius 1 is 0.741 bits per heavy atom. The zero-order valence-corrected chi connectivity index (χ0v) is 15.8. The van der Waals surface area contributed by atoms with Gasteiger partial charge in [-0.3, -0.25) is 0 Å². The van der Waals surface area contributed by atoms with Gasteiger partial charge in [-0.15, -0.1) is 0 Å². The van der Waals surface area contributed by atoms with E-state index >= 15 is 0 Å². The van der Waals surface area contributed by atoms with Crippen molar-refractivity contribution in [2.24, 2.45) is 5.73 Å². The highest BCUT2D eigenvalue weighted by Crippen LogP contribution is 2.21. The van der Waals surface area contributed by atoms with Crippen molar-refractivity contribution in [1.29, 1.82) is 0 Å². The Hall–Kier alpha value is -2.71. The van der Waals surface area contributed by atoms with Gasteiger partial charge in [-0.25, -0.2) is 4.57 Å². The van der Waals surface area contributed by atoms with Crippen molar-refractivity contribution in [3.05, 3.63) is 100 Å². The van der Waals surface area contributed by atoms with E-state index < -0.39 is 0 Å². The lowest BCUT2D eigenvalue weighted by molar-refractivity contribution is -0.694. The molecule has 0 unspecified atom stereocenters. The van der Waals surface area contributed by atoms with Crippen molar-refractivity contribution < 1.29 is 4.57 Å². The summed E-state index contributed by atoms with van der Waals surface area (Å²) in [6, 6.07) is 20.5. The Labute approximate surface area is 162 Å². The third kappa shape index (κ3) is 4.53. The maximum Gasteiger partial charge on any atom is 0.169 e. The lowest BCUT2D eigenvalue weighted by Crippen LogP contribution is -2.36. The van der Waals surface area contributed by atoms with E-state index in [-0.39, 0.29) is 0 Å². The normalized spacial score (nSPS) is 13.7. The first-order valence-corrected chi connectivity index (χ1v) is 9.87. The van der Waals surface area contributed by atoms with Crippen LogP contribution in [0, 0.1) is 0 Å². The van der Waals surface area contributed by atoms with Crippen molar-refractivity contribution in [2.45, 2.75) is 32.2 Å². The zero-order valence-electron chi connectivity index (χ0n) is 15.8. The molecule has 27 heavy (non-hydrogen) atoms. The molecular weight excluding hydrogens is 328 g/mol. The molecule has 2 nitrogen and oxygen atoms in total. The zero-order chi connectivity index (χ0) is 18.5. The molecule has 0 radical (unpaired) electrons. The Kier molecular flexibility index (Phi) is 5.45. The number of hydrogen-bond acceptors (Lipinski definition) is 1. The molecule has 4 bridgehead atoms. The summed E-state index contributed by atoms with van der Waals surface area (Å²) in [5, 5.41) is 0. The van der Waals surface area contributed by atoms with Gasteiger partial charge in [-0.1, -0.05) is 54.6 Å².